The van der Waals surface area contributed by atoms with Crippen LogP contribution in [0.3, 0.4) is 0 Å². The largest absolute Gasteiger partial charge is 0.494 e. The summed E-state index contributed by atoms with van der Waals surface area (Å²) in [4.78, 5) is 24.0. The van der Waals surface area contributed by atoms with Crippen molar-refractivity contribution >= 4 is 17.5 Å². The molecule has 2 aromatic carbocycles. The Hall–Kier alpha value is -2.82. The maximum Gasteiger partial charge on any atom is 0.313 e. The zero-order chi connectivity index (χ0) is 18.8. The number of benzene rings is 2. The molecule has 0 aliphatic carbocycles. The third-order valence-corrected chi connectivity index (χ3v) is 4.02. The van der Waals surface area contributed by atoms with Crippen LogP contribution in [0.4, 0.5) is 5.69 Å². The zero-order valence-corrected chi connectivity index (χ0v) is 15.3. The fraction of sp³-hybridized carbons (Fsp3) is 0.333. The zero-order valence-electron chi connectivity index (χ0n) is 15.3. The van der Waals surface area contributed by atoms with E-state index in [1.165, 1.54) is 0 Å². The molecule has 0 aliphatic rings. The second-order valence-electron chi connectivity index (χ2n) is 6.20. The van der Waals surface area contributed by atoms with Gasteiger partial charge < -0.3 is 15.4 Å². The number of nitrogens with one attached hydrogen (secondary N) is 2. The summed E-state index contributed by atoms with van der Waals surface area (Å²) in [5.74, 6) is -0.439. The molecule has 0 bridgehead atoms. The normalized spacial score (nSPS) is 11.5. The van der Waals surface area contributed by atoms with E-state index in [4.69, 9.17) is 4.74 Å². The van der Waals surface area contributed by atoms with Crippen molar-refractivity contribution in [2.45, 2.75) is 32.6 Å². The van der Waals surface area contributed by atoms with E-state index in [-0.39, 0.29) is 5.92 Å². The Morgan fingerprint density at radius 1 is 1.00 bits per heavy atom. The van der Waals surface area contributed by atoms with Gasteiger partial charge in [-0.25, -0.2) is 0 Å². The highest BCUT2D eigenvalue weighted by atomic mass is 16.5. The summed E-state index contributed by atoms with van der Waals surface area (Å²) in [5, 5.41) is 5.26. The van der Waals surface area contributed by atoms with Crippen LogP contribution in [0.5, 0.6) is 5.75 Å². The molecular formula is C21H26N2O3. The van der Waals surface area contributed by atoms with Crippen molar-refractivity contribution in [1.82, 2.24) is 5.32 Å². The van der Waals surface area contributed by atoms with Gasteiger partial charge in [-0.05, 0) is 42.2 Å². The number of carbonyl (C=O) groups excluding carboxylic acids is 2. The molecule has 5 heteroatoms. The SMILES string of the molecule is CCCCOc1ccc(NC(=O)C(=O)NCC(C)c2ccccc2)cc1. The summed E-state index contributed by atoms with van der Waals surface area (Å²) in [5.41, 5.74) is 1.68. The minimum absolute atomic E-state index is 0.132. The standard InChI is InChI=1S/C21H26N2O3/c1-3-4-14-26-19-12-10-18(11-13-19)23-21(25)20(24)22-15-16(2)17-8-6-5-7-9-17/h5-13,16H,3-4,14-15H2,1-2H3,(H,22,24)(H,23,25). The van der Waals surface area contributed by atoms with Gasteiger partial charge in [0.25, 0.3) is 0 Å². The number of amides is 2. The smallest absolute Gasteiger partial charge is 0.313 e. The molecule has 0 spiro atoms. The van der Waals surface area contributed by atoms with Crippen molar-refractivity contribution in [3.05, 3.63) is 60.2 Å². The van der Waals surface area contributed by atoms with E-state index in [0.717, 1.165) is 24.2 Å². The van der Waals surface area contributed by atoms with Crippen LogP contribution < -0.4 is 15.4 Å². The van der Waals surface area contributed by atoms with Crippen LogP contribution in [0.15, 0.2) is 54.6 Å². The molecular weight excluding hydrogens is 328 g/mol. The molecule has 5 nitrogen and oxygen atoms in total. The van der Waals surface area contributed by atoms with Crippen molar-refractivity contribution < 1.29 is 14.3 Å². The average Bonchev–Trinajstić information content (AvgIpc) is 2.68. The fourth-order valence-corrected chi connectivity index (χ4v) is 2.38. The predicted octanol–water partition coefficient (Wildman–Crippen LogP) is 3.72. The summed E-state index contributed by atoms with van der Waals surface area (Å²) in [7, 11) is 0. The van der Waals surface area contributed by atoms with Crippen molar-refractivity contribution in [1.29, 1.82) is 0 Å². The maximum absolute atomic E-state index is 12.0. The molecule has 0 aromatic heterocycles. The summed E-state index contributed by atoms with van der Waals surface area (Å²) in [6.45, 7) is 5.18. The quantitative estimate of drug-likeness (QED) is 0.561. The minimum Gasteiger partial charge on any atom is -0.494 e. The van der Waals surface area contributed by atoms with Crippen LogP contribution in [0.2, 0.25) is 0 Å². The first-order valence-corrected chi connectivity index (χ1v) is 8.97. The lowest BCUT2D eigenvalue weighted by Gasteiger charge is -2.13. The highest BCUT2D eigenvalue weighted by Crippen LogP contribution is 2.16. The molecule has 0 saturated carbocycles. The van der Waals surface area contributed by atoms with Gasteiger partial charge in [0.1, 0.15) is 5.75 Å². The molecule has 2 rings (SSSR count). The van der Waals surface area contributed by atoms with Crippen LogP contribution in [0.25, 0.3) is 0 Å². The average molecular weight is 354 g/mol. The second-order valence-corrected chi connectivity index (χ2v) is 6.20. The van der Waals surface area contributed by atoms with Gasteiger partial charge in [0, 0.05) is 12.2 Å². The Bertz CT molecular complexity index is 699. The van der Waals surface area contributed by atoms with Gasteiger partial charge in [0.2, 0.25) is 0 Å². The highest BCUT2D eigenvalue weighted by Gasteiger charge is 2.15. The molecule has 0 aliphatic heterocycles. The number of hydrogen-bond donors (Lipinski definition) is 2. The van der Waals surface area contributed by atoms with Gasteiger partial charge in [-0.2, -0.15) is 0 Å². The van der Waals surface area contributed by atoms with Gasteiger partial charge in [0.05, 0.1) is 6.61 Å². The number of hydrogen-bond acceptors (Lipinski definition) is 3. The van der Waals surface area contributed by atoms with Gasteiger partial charge in [-0.15, -0.1) is 0 Å². The Kier molecular flexibility index (Phi) is 7.68. The van der Waals surface area contributed by atoms with Gasteiger partial charge in [0.15, 0.2) is 0 Å². The fourth-order valence-electron chi connectivity index (χ4n) is 2.38. The number of unbranched alkanes of at least 4 members (excludes halogenated alkanes) is 1. The number of anilines is 1. The Morgan fingerprint density at radius 3 is 2.35 bits per heavy atom. The highest BCUT2D eigenvalue weighted by molar-refractivity contribution is 6.39. The Morgan fingerprint density at radius 2 is 1.69 bits per heavy atom. The van der Waals surface area contributed by atoms with Crippen molar-refractivity contribution in [2.75, 3.05) is 18.5 Å². The number of rotatable bonds is 8. The monoisotopic (exact) mass is 354 g/mol. The van der Waals surface area contributed by atoms with Crippen molar-refractivity contribution in [3.63, 3.8) is 0 Å². The molecule has 0 heterocycles. The van der Waals surface area contributed by atoms with Crippen molar-refractivity contribution in [3.8, 4) is 5.75 Å². The first kappa shape index (κ1) is 19.5. The first-order valence-electron chi connectivity index (χ1n) is 8.97. The first-order chi connectivity index (χ1) is 12.6. The van der Waals surface area contributed by atoms with E-state index >= 15 is 0 Å². The number of carbonyl (C=O) groups is 2. The van der Waals surface area contributed by atoms with E-state index in [0.29, 0.717) is 18.8 Å². The van der Waals surface area contributed by atoms with E-state index in [1.54, 1.807) is 24.3 Å². The van der Waals surface area contributed by atoms with Crippen LogP contribution in [-0.2, 0) is 9.59 Å². The molecule has 2 amide bonds. The van der Waals surface area contributed by atoms with Crippen LogP contribution >= 0.6 is 0 Å². The van der Waals surface area contributed by atoms with E-state index < -0.39 is 11.8 Å². The lowest BCUT2D eigenvalue weighted by atomic mass is 10.0. The third kappa shape index (κ3) is 6.24. The lowest BCUT2D eigenvalue weighted by Crippen LogP contribution is -2.37. The second kappa shape index (κ2) is 10.2. The summed E-state index contributed by atoms with van der Waals surface area (Å²) < 4.78 is 5.57. The number of ether oxygens (including phenoxy) is 1. The van der Waals surface area contributed by atoms with E-state index in [2.05, 4.69) is 17.6 Å². The summed E-state index contributed by atoms with van der Waals surface area (Å²) in [6.07, 6.45) is 2.08. The van der Waals surface area contributed by atoms with Crippen LogP contribution in [0, 0.1) is 0 Å². The van der Waals surface area contributed by atoms with Crippen molar-refractivity contribution in [2.24, 2.45) is 0 Å². The molecule has 0 fully saturated rings. The van der Waals surface area contributed by atoms with Gasteiger partial charge >= 0.3 is 11.8 Å². The van der Waals surface area contributed by atoms with Gasteiger partial charge in [-0.1, -0.05) is 50.6 Å². The predicted molar refractivity (Wildman–Crippen MR) is 103 cm³/mol. The summed E-state index contributed by atoms with van der Waals surface area (Å²) >= 11 is 0. The minimum atomic E-state index is -0.676. The van der Waals surface area contributed by atoms with E-state index in [1.807, 2.05) is 37.3 Å². The third-order valence-electron chi connectivity index (χ3n) is 4.02. The molecule has 0 saturated heterocycles. The Balaban J connectivity index is 1.78. The maximum atomic E-state index is 12.0. The van der Waals surface area contributed by atoms with E-state index in [9.17, 15) is 9.59 Å². The molecule has 138 valence electrons. The topological polar surface area (TPSA) is 67.4 Å². The molecule has 1 atom stereocenters. The lowest BCUT2D eigenvalue weighted by molar-refractivity contribution is -0.136. The van der Waals surface area contributed by atoms with Crippen LogP contribution in [-0.4, -0.2) is 25.0 Å². The molecule has 0 radical (unpaired) electrons. The Labute approximate surface area is 154 Å². The van der Waals surface area contributed by atoms with Gasteiger partial charge in [-0.3, -0.25) is 9.59 Å². The summed E-state index contributed by atoms with van der Waals surface area (Å²) in [6, 6.07) is 16.9. The molecule has 1 unspecified atom stereocenters. The van der Waals surface area contributed by atoms with Crippen LogP contribution in [0.1, 0.15) is 38.2 Å². The molecule has 2 N–H and O–H groups in total. The molecule has 26 heavy (non-hydrogen) atoms. The molecule has 2 aromatic rings.